The molecule has 0 aliphatic rings. The minimum absolute atomic E-state index is 0.268. The number of rotatable bonds is 11. The average molecular weight is 475 g/mol. The summed E-state index contributed by atoms with van der Waals surface area (Å²) in [4.78, 5) is 27.9. The van der Waals surface area contributed by atoms with Crippen molar-refractivity contribution in [2.24, 2.45) is 0 Å². The molecule has 2 heterocycles. The number of amides is 2. The van der Waals surface area contributed by atoms with E-state index >= 15 is 0 Å². The van der Waals surface area contributed by atoms with Crippen molar-refractivity contribution in [1.29, 1.82) is 0 Å². The summed E-state index contributed by atoms with van der Waals surface area (Å²) in [6.07, 6.45) is 3.45. The summed E-state index contributed by atoms with van der Waals surface area (Å²) in [5.74, 6) is 0.324. The van der Waals surface area contributed by atoms with Gasteiger partial charge in [0.05, 0.1) is 35.0 Å². The van der Waals surface area contributed by atoms with Crippen molar-refractivity contribution in [2.75, 3.05) is 25.5 Å². The largest absolute Gasteiger partial charge is 0.495 e. The highest BCUT2D eigenvalue weighted by Gasteiger charge is 2.18. The second-order valence-corrected chi connectivity index (χ2v) is 7.67. The van der Waals surface area contributed by atoms with Gasteiger partial charge in [-0.05, 0) is 37.5 Å². The molecule has 3 rings (SSSR count). The molecule has 2 amide bonds. The first-order valence-corrected chi connectivity index (χ1v) is 11.0. The average Bonchev–Trinajstić information content (AvgIpc) is 3.23. The lowest BCUT2D eigenvalue weighted by Crippen LogP contribution is -2.27. The van der Waals surface area contributed by atoms with E-state index in [1.807, 2.05) is 19.1 Å². The topological polar surface area (TPSA) is 130 Å². The lowest BCUT2D eigenvalue weighted by molar-refractivity contribution is 0.0953. The number of anilines is 1. The van der Waals surface area contributed by atoms with Crippen molar-refractivity contribution in [2.45, 2.75) is 32.9 Å². The van der Waals surface area contributed by atoms with Crippen molar-refractivity contribution in [1.82, 2.24) is 25.4 Å². The van der Waals surface area contributed by atoms with E-state index in [0.29, 0.717) is 66.7 Å². The van der Waals surface area contributed by atoms with Crippen molar-refractivity contribution in [3.05, 3.63) is 46.7 Å². The number of aryl methyl sites for hydroxylation is 1. The van der Waals surface area contributed by atoms with Gasteiger partial charge in [0.15, 0.2) is 5.65 Å². The van der Waals surface area contributed by atoms with Crippen LogP contribution in [0.15, 0.2) is 30.6 Å². The Labute approximate surface area is 196 Å². The molecule has 0 fully saturated rings. The predicted octanol–water partition coefficient (Wildman–Crippen LogP) is 3.50. The number of methoxy groups -OCH3 is 1. The summed E-state index contributed by atoms with van der Waals surface area (Å²) < 4.78 is 6.97. The summed E-state index contributed by atoms with van der Waals surface area (Å²) in [5, 5.41) is 22.7. The number of hydrogen-bond acceptors (Lipinski definition) is 6. The number of benzene rings is 1. The second-order valence-electron chi connectivity index (χ2n) is 7.26. The Morgan fingerprint density at radius 3 is 2.61 bits per heavy atom. The van der Waals surface area contributed by atoms with Crippen LogP contribution in [0.3, 0.4) is 0 Å². The quantitative estimate of drug-likeness (QED) is 0.313. The summed E-state index contributed by atoms with van der Waals surface area (Å²) in [6.45, 7) is 3.81. The molecule has 0 aliphatic heterocycles. The van der Waals surface area contributed by atoms with Crippen LogP contribution >= 0.6 is 11.6 Å². The molecule has 2 aromatic heterocycles. The van der Waals surface area contributed by atoms with E-state index < -0.39 is 6.09 Å². The van der Waals surface area contributed by atoms with Crippen LogP contribution in [-0.4, -0.2) is 52.1 Å². The number of nitrogens with one attached hydrogen (secondary N) is 3. The lowest BCUT2D eigenvalue weighted by Gasteiger charge is -2.14. The fourth-order valence-electron chi connectivity index (χ4n) is 3.37. The fraction of sp³-hybridized carbons (Fsp3) is 0.364. The Balaban J connectivity index is 1.76. The number of aromatic nitrogens is 3. The number of carbonyl (C=O) groups is 2. The second kappa shape index (κ2) is 11.4. The first-order valence-electron chi connectivity index (χ1n) is 10.6. The van der Waals surface area contributed by atoms with Gasteiger partial charge in [0.25, 0.3) is 5.91 Å². The number of ether oxygens (including phenoxy) is 1. The summed E-state index contributed by atoms with van der Waals surface area (Å²) in [7, 11) is 1.56. The molecule has 0 saturated heterocycles. The van der Waals surface area contributed by atoms with Gasteiger partial charge in [0, 0.05) is 32.4 Å². The van der Waals surface area contributed by atoms with E-state index in [0.717, 1.165) is 10.9 Å². The minimum Gasteiger partial charge on any atom is -0.495 e. The Hall–Kier alpha value is -3.53. The smallest absolute Gasteiger partial charge is 0.404 e. The molecule has 176 valence electrons. The summed E-state index contributed by atoms with van der Waals surface area (Å²) in [5.41, 5.74) is 2.65. The van der Waals surface area contributed by atoms with Gasteiger partial charge in [-0.25, -0.2) is 14.5 Å². The van der Waals surface area contributed by atoms with Crippen molar-refractivity contribution >= 4 is 40.3 Å². The molecule has 0 atom stereocenters. The van der Waals surface area contributed by atoms with E-state index in [9.17, 15) is 9.59 Å². The zero-order valence-corrected chi connectivity index (χ0v) is 19.3. The van der Waals surface area contributed by atoms with Crippen LogP contribution in [0.1, 0.15) is 35.7 Å². The van der Waals surface area contributed by atoms with Gasteiger partial charge in [0.1, 0.15) is 5.75 Å². The molecule has 0 radical (unpaired) electrons. The summed E-state index contributed by atoms with van der Waals surface area (Å²) in [6, 6.07) is 5.51. The van der Waals surface area contributed by atoms with Gasteiger partial charge < -0.3 is 25.8 Å². The van der Waals surface area contributed by atoms with E-state index in [1.54, 1.807) is 30.3 Å². The van der Waals surface area contributed by atoms with Crippen LogP contribution < -0.4 is 20.7 Å². The van der Waals surface area contributed by atoms with E-state index in [1.165, 1.54) is 0 Å². The summed E-state index contributed by atoms with van der Waals surface area (Å²) >= 11 is 6.24. The maximum absolute atomic E-state index is 12.9. The number of pyridine rings is 1. The van der Waals surface area contributed by atoms with Gasteiger partial charge in [-0.15, -0.1) is 0 Å². The molecule has 4 N–H and O–H groups in total. The molecular formula is C22H27ClN6O4. The molecule has 3 aromatic rings. The zero-order valence-electron chi connectivity index (χ0n) is 18.5. The van der Waals surface area contributed by atoms with Crippen LogP contribution in [0.25, 0.3) is 11.0 Å². The third-order valence-corrected chi connectivity index (χ3v) is 5.36. The molecular weight excluding hydrogens is 448 g/mol. The van der Waals surface area contributed by atoms with Gasteiger partial charge >= 0.3 is 6.09 Å². The van der Waals surface area contributed by atoms with E-state index in [2.05, 4.69) is 26.0 Å². The molecule has 0 unspecified atom stereocenters. The highest BCUT2D eigenvalue weighted by Crippen LogP contribution is 2.28. The van der Waals surface area contributed by atoms with Crippen molar-refractivity contribution in [3.63, 3.8) is 0 Å². The Kier molecular flexibility index (Phi) is 8.31. The molecule has 10 nitrogen and oxygen atoms in total. The molecule has 0 aliphatic carbocycles. The molecule has 0 spiro atoms. The van der Waals surface area contributed by atoms with Crippen LogP contribution in [-0.2, 0) is 13.1 Å². The molecule has 0 bridgehead atoms. The van der Waals surface area contributed by atoms with Crippen LogP contribution in [0.2, 0.25) is 5.02 Å². The Bertz CT molecular complexity index is 1130. The Morgan fingerprint density at radius 1 is 1.18 bits per heavy atom. The normalized spacial score (nSPS) is 10.8. The van der Waals surface area contributed by atoms with Gasteiger partial charge in [-0.3, -0.25) is 4.79 Å². The number of halogens is 1. The number of carbonyl (C=O) groups excluding carboxylic acids is 1. The molecule has 11 heteroatoms. The SMILES string of the molecule is CCn1ncc2c(NCc3ccc(OC)c(Cl)c3)c(C(=O)NCCCCNC(=O)O)cnc21. The lowest BCUT2D eigenvalue weighted by atomic mass is 10.1. The molecule has 1 aromatic carbocycles. The monoisotopic (exact) mass is 474 g/mol. The van der Waals surface area contributed by atoms with Gasteiger partial charge in [-0.1, -0.05) is 17.7 Å². The first-order chi connectivity index (χ1) is 15.9. The van der Waals surface area contributed by atoms with E-state index in [4.69, 9.17) is 21.4 Å². The van der Waals surface area contributed by atoms with Gasteiger partial charge in [0.2, 0.25) is 0 Å². The number of unbranched alkanes of at least 4 members (excludes halogenated alkanes) is 1. The Morgan fingerprint density at radius 2 is 1.94 bits per heavy atom. The number of fused-ring (bicyclic) bond motifs is 1. The maximum Gasteiger partial charge on any atom is 0.404 e. The highest BCUT2D eigenvalue weighted by molar-refractivity contribution is 6.32. The minimum atomic E-state index is -1.06. The molecule has 0 saturated carbocycles. The van der Waals surface area contributed by atoms with Gasteiger partial charge in [-0.2, -0.15) is 5.10 Å². The predicted molar refractivity (Wildman–Crippen MR) is 126 cm³/mol. The first kappa shape index (κ1) is 24.1. The third kappa shape index (κ3) is 6.04. The van der Waals surface area contributed by atoms with Crippen molar-refractivity contribution in [3.8, 4) is 5.75 Å². The number of carboxylic acid groups (broad SMARTS) is 1. The van der Waals surface area contributed by atoms with Crippen molar-refractivity contribution < 1.29 is 19.4 Å². The standard InChI is InChI=1S/C22H27ClN6O4/c1-3-29-20-15(13-28-29)19(26-11-14-6-7-18(33-2)17(23)10-14)16(12-27-20)21(30)24-8-4-5-9-25-22(31)32/h6-7,10,12-13,25H,3-5,8-9,11H2,1-2H3,(H,24,30)(H,26,27)(H,31,32). The molecule has 33 heavy (non-hydrogen) atoms. The van der Waals surface area contributed by atoms with Crippen LogP contribution in [0.5, 0.6) is 5.75 Å². The third-order valence-electron chi connectivity index (χ3n) is 5.06. The van der Waals surface area contributed by atoms with Crippen LogP contribution in [0, 0.1) is 0 Å². The highest BCUT2D eigenvalue weighted by atomic mass is 35.5. The number of hydrogen-bond donors (Lipinski definition) is 4. The number of nitrogens with zero attached hydrogens (tertiary/aromatic N) is 3. The van der Waals surface area contributed by atoms with E-state index in [-0.39, 0.29) is 5.91 Å². The maximum atomic E-state index is 12.9. The zero-order chi connectivity index (χ0) is 23.8. The fourth-order valence-corrected chi connectivity index (χ4v) is 3.65. The van der Waals surface area contributed by atoms with Crippen LogP contribution in [0.4, 0.5) is 10.5 Å².